The van der Waals surface area contributed by atoms with Gasteiger partial charge in [0.25, 0.3) is 0 Å². The number of hydrogen-bond donors (Lipinski definition) is 1. The summed E-state index contributed by atoms with van der Waals surface area (Å²) < 4.78 is 28.8. The van der Waals surface area contributed by atoms with Crippen molar-refractivity contribution >= 4 is 27.5 Å². The zero-order valence-corrected chi connectivity index (χ0v) is 18.4. The smallest absolute Gasteiger partial charge is 0.243 e. The Bertz CT molecular complexity index is 1140. The maximum absolute atomic E-state index is 12.8. The van der Waals surface area contributed by atoms with E-state index in [9.17, 15) is 13.2 Å². The fourth-order valence-corrected chi connectivity index (χ4v) is 5.22. The van der Waals surface area contributed by atoms with Crippen LogP contribution in [0.4, 0.5) is 0 Å². The van der Waals surface area contributed by atoms with Crippen LogP contribution in [0.1, 0.15) is 18.4 Å². The number of rotatable bonds is 6. The fraction of sp³-hybridized carbons (Fsp3) is 0.273. The number of aromatic nitrogens is 2. The molecule has 1 aliphatic rings. The van der Waals surface area contributed by atoms with Gasteiger partial charge in [-0.1, -0.05) is 29.8 Å². The average Bonchev–Trinajstić information content (AvgIpc) is 3.27. The standard InChI is InChI=1S/C22H23ClN4O3S/c23-19-6-8-21(9-7-19)31(29,30)26-12-10-18(11-13-26)22(28)24-14-17-15-25-27(16-17)20-4-2-1-3-5-20/h1-9,15-16,18H,10-14H2,(H,24,28). The molecule has 0 aliphatic carbocycles. The number of piperidine rings is 1. The van der Waals surface area contributed by atoms with Crippen molar-refractivity contribution in [2.75, 3.05) is 13.1 Å². The average molecular weight is 459 g/mol. The van der Waals surface area contributed by atoms with Gasteiger partial charge in [0, 0.05) is 42.3 Å². The van der Waals surface area contributed by atoms with Gasteiger partial charge < -0.3 is 5.32 Å². The van der Waals surface area contributed by atoms with Crippen LogP contribution in [0.5, 0.6) is 0 Å². The van der Waals surface area contributed by atoms with Crippen molar-refractivity contribution in [1.29, 1.82) is 0 Å². The first-order chi connectivity index (χ1) is 14.9. The molecule has 31 heavy (non-hydrogen) atoms. The number of para-hydroxylation sites is 1. The van der Waals surface area contributed by atoms with E-state index in [1.807, 2.05) is 36.5 Å². The lowest BCUT2D eigenvalue weighted by molar-refractivity contribution is -0.126. The van der Waals surface area contributed by atoms with Crippen LogP contribution in [0.15, 0.2) is 71.9 Å². The lowest BCUT2D eigenvalue weighted by Crippen LogP contribution is -2.42. The largest absolute Gasteiger partial charge is 0.352 e. The maximum Gasteiger partial charge on any atom is 0.243 e. The molecule has 0 atom stereocenters. The second kappa shape index (κ2) is 9.21. The van der Waals surface area contributed by atoms with E-state index in [2.05, 4.69) is 10.4 Å². The zero-order chi connectivity index (χ0) is 21.8. The number of hydrogen-bond acceptors (Lipinski definition) is 4. The molecule has 1 fully saturated rings. The summed E-state index contributed by atoms with van der Waals surface area (Å²) in [5, 5.41) is 7.77. The Morgan fingerprint density at radius 1 is 1.06 bits per heavy atom. The number of carbonyl (C=O) groups excluding carboxylic acids is 1. The van der Waals surface area contributed by atoms with E-state index in [0.29, 0.717) is 37.5 Å². The zero-order valence-electron chi connectivity index (χ0n) is 16.8. The number of nitrogens with one attached hydrogen (secondary N) is 1. The summed E-state index contributed by atoms with van der Waals surface area (Å²) in [6, 6.07) is 15.9. The number of halogens is 1. The van der Waals surface area contributed by atoms with Crippen molar-refractivity contribution in [1.82, 2.24) is 19.4 Å². The molecule has 1 aromatic heterocycles. The molecule has 9 heteroatoms. The van der Waals surface area contributed by atoms with Crippen molar-refractivity contribution in [3.05, 3.63) is 77.6 Å². The molecule has 4 rings (SSSR count). The summed E-state index contributed by atoms with van der Waals surface area (Å²) in [6.45, 7) is 1.01. The van der Waals surface area contributed by atoms with Gasteiger partial charge in [0.1, 0.15) is 0 Å². The van der Waals surface area contributed by atoms with Crippen LogP contribution in [-0.4, -0.2) is 41.5 Å². The first kappa shape index (κ1) is 21.5. The minimum atomic E-state index is -3.57. The quantitative estimate of drug-likeness (QED) is 0.614. The lowest BCUT2D eigenvalue weighted by Gasteiger charge is -2.30. The Balaban J connectivity index is 1.30. The van der Waals surface area contributed by atoms with Crippen molar-refractivity contribution in [2.45, 2.75) is 24.3 Å². The Morgan fingerprint density at radius 2 is 1.74 bits per heavy atom. The number of amides is 1. The number of sulfonamides is 1. The SMILES string of the molecule is O=C(NCc1cnn(-c2ccccc2)c1)C1CCN(S(=O)(=O)c2ccc(Cl)cc2)CC1. The minimum Gasteiger partial charge on any atom is -0.352 e. The van der Waals surface area contributed by atoms with Gasteiger partial charge >= 0.3 is 0 Å². The van der Waals surface area contributed by atoms with Crippen LogP contribution in [0.25, 0.3) is 5.69 Å². The molecule has 0 bridgehead atoms. The molecule has 0 radical (unpaired) electrons. The molecule has 0 saturated carbocycles. The van der Waals surface area contributed by atoms with Crippen molar-refractivity contribution in [3.8, 4) is 5.69 Å². The molecule has 1 aliphatic heterocycles. The predicted octanol–water partition coefficient (Wildman–Crippen LogP) is 3.24. The van der Waals surface area contributed by atoms with Gasteiger partial charge in [0.05, 0.1) is 16.8 Å². The third-order valence-electron chi connectivity index (χ3n) is 5.40. The highest BCUT2D eigenvalue weighted by Crippen LogP contribution is 2.25. The first-order valence-electron chi connectivity index (χ1n) is 10.1. The molecule has 1 amide bonds. The van der Waals surface area contributed by atoms with Gasteiger partial charge in [-0.15, -0.1) is 0 Å². The summed E-state index contributed by atoms with van der Waals surface area (Å²) in [5.74, 6) is -0.267. The van der Waals surface area contributed by atoms with Crippen molar-refractivity contribution in [3.63, 3.8) is 0 Å². The highest BCUT2D eigenvalue weighted by molar-refractivity contribution is 7.89. The Kier molecular flexibility index (Phi) is 6.41. The summed E-state index contributed by atoms with van der Waals surface area (Å²) >= 11 is 5.85. The van der Waals surface area contributed by atoms with E-state index in [-0.39, 0.29) is 16.7 Å². The van der Waals surface area contributed by atoms with Gasteiger partial charge in [-0.2, -0.15) is 9.40 Å². The Hall–Kier alpha value is -2.68. The van der Waals surface area contributed by atoms with Crippen LogP contribution < -0.4 is 5.32 Å². The van der Waals surface area contributed by atoms with Gasteiger partial charge in [0.2, 0.25) is 15.9 Å². The van der Waals surface area contributed by atoms with E-state index in [1.54, 1.807) is 23.0 Å². The maximum atomic E-state index is 12.8. The van der Waals surface area contributed by atoms with Crippen LogP contribution in [0, 0.1) is 5.92 Å². The molecule has 0 unspecified atom stereocenters. The van der Waals surface area contributed by atoms with Crippen molar-refractivity contribution in [2.24, 2.45) is 5.92 Å². The minimum absolute atomic E-state index is 0.0593. The molecular formula is C22H23ClN4O3S. The highest BCUT2D eigenvalue weighted by Gasteiger charge is 2.32. The molecule has 1 saturated heterocycles. The molecule has 1 N–H and O–H groups in total. The van der Waals surface area contributed by atoms with Crippen LogP contribution in [0.2, 0.25) is 5.02 Å². The Morgan fingerprint density at radius 3 is 2.42 bits per heavy atom. The third kappa shape index (κ3) is 4.98. The van der Waals surface area contributed by atoms with Gasteiger partial charge in [0.15, 0.2) is 0 Å². The summed E-state index contributed by atoms with van der Waals surface area (Å²) in [4.78, 5) is 12.8. The molecule has 2 heterocycles. The molecule has 2 aromatic carbocycles. The molecule has 0 spiro atoms. The summed E-state index contributed by atoms with van der Waals surface area (Å²) in [7, 11) is -3.57. The van der Waals surface area contributed by atoms with Gasteiger partial charge in [-0.25, -0.2) is 13.1 Å². The predicted molar refractivity (Wildman–Crippen MR) is 118 cm³/mol. The highest BCUT2D eigenvalue weighted by atomic mass is 35.5. The monoisotopic (exact) mass is 458 g/mol. The number of carbonyl (C=O) groups is 1. The lowest BCUT2D eigenvalue weighted by atomic mass is 9.97. The van der Waals surface area contributed by atoms with E-state index < -0.39 is 10.0 Å². The summed E-state index contributed by atoms with van der Waals surface area (Å²) in [5.41, 5.74) is 1.86. The molecular weight excluding hydrogens is 436 g/mol. The Labute approximate surface area is 186 Å². The van der Waals surface area contributed by atoms with Crippen LogP contribution >= 0.6 is 11.6 Å². The third-order valence-corrected chi connectivity index (χ3v) is 7.56. The van der Waals surface area contributed by atoms with Crippen LogP contribution in [0.3, 0.4) is 0 Å². The number of benzene rings is 2. The van der Waals surface area contributed by atoms with Crippen molar-refractivity contribution < 1.29 is 13.2 Å². The van der Waals surface area contributed by atoms with E-state index in [4.69, 9.17) is 11.6 Å². The fourth-order valence-electron chi connectivity index (χ4n) is 3.62. The number of nitrogens with zero attached hydrogens (tertiary/aromatic N) is 3. The second-order valence-electron chi connectivity index (χ2n) is 7.48. The molecule has 162 valence electrons. The van der Waals surface area contributed by atoms with Gasteiger partial charge in [-0.05, 0) is 49.2 Å². The summed E-state index contributed by atoms with van der Waals surface area (Å²) in [6.07, 6.45) is 4.59. The molecule has 7 nitrogen and oxygen atoms in total. The van der Waals surface area contributed by atoms with Crippen LogP contribution in [-0.2, 0) is 21.4 Å². The first-order valence-corrected chi connectivity index (χ1v) is 11.9. The topological polar surface area (TPSA) is 84.3 Å². The van der Waals surface area contributed by atoms with E-state index in [1.165, 1.54) is 16.4 Å². The van der Waals surface area contributed by atoms with E-state index >= 15 is 0 Å². The van der Waals surface area contributed by atoms with Gasteiger partial charge in [-0.3, -0.25) is 4.79 Å². The second-order valence-corrected chi connectivity index (χ2v) is 9.85. The normalized spacial score (nSPS) is 15.6. The van der Waals surface area contributed by atoms with E-state index in [0.717, 1.165) is 11.3 Å². The molecule has 3 aromatic rings.